The first kappa shape index (κ1) is 15.5. The van der Waals surface area contributed by atoms with E-state index in [4.69, 9.17) is 16.3 Å². The third-order valence-electron chi connectivity index (χ3n) is 2.80. The van der Waals surface area contributed by atoms with Crippen molar-refractivity contribution in [2.24, 2.45) is 0 Å². The fraction of sp³-hybridized carbons (Fsp3) is 0.286. The van der Waals surface area contributed by atoms with Crippen LogP contribution in [-0.4, -0.2) is 47.2 Å². The quantitative estimate of drug-likeness (QED) is 0.842. The summed E-state index contributed by atoms with van der Waals surface area (Å²) in [7, 11) is 1.48. The maximum absolute atomic E-state index is 11.9. The van der Waals surface area contributed by atoms with E-state index in [1.807, 2.05) is 12.1 Å². The van der Waals surface area contributed by atoms with Crippen LogP contribution < -0.4 is 5.32 Å². The number of aliphatic hydroxyl groups excluding tert-OH is 1. The standard InChI is InChI=1S/C14H16ClN3O3/c1-21-9-11(19)7-16-14(20)10-6-17-18(8-10)13-5-3-2-4-12(13)15/h2-6,8,11,19H,7,9H2,1H3,(H,16,20). The molecule has 0 spiro atoms. The van der Waals surface area contributed by atoms with Crippen molar-refractivity contribution in [3.05, 3.63) is 47.2 Å². The van der Waals surface area contributed by atoms with Gasteiger partial charge in [0.2, 0.25) is 0 Å². The van der Waals surface area contributed by atoms with E-state index < -0.39 is 6.10 Å². The molecule has 0 saturated carbocycles. The predicted molar refractivity (Wildman–Crippen MR) is 78.8 cm³/mol. The molecule has 21 heavy (non-hydrogen) atoms. The summed E-state index contributed by atoms with van der Waals surface area (Å²) in [6, 6.07) is 7.21. The molecule has 6 nitrogen and oxygen atoms in total. The van der Waals surface area contributed by atoms with E-state index in [0.717, 1.165) is 0 Å². The van der Waals surface area contributed by atoms with Crippen molar-refractivity contribution in [3.63, 3.8) is 0 Å². The largest absolute Gasteiger partial charge is 0.389 e. The number of aliphatic hydroxyl groups is 1. The molecule has 1 amide bonds. The van der Waals surface area contributed by atoms with Gasteiger partial charge in [0, 0.05) is 19.9 Å². The second-order valence-electron chi connectivity index (χ2n) is 4.44. The average molecular weight is 310 g/mol. The molecule has 0 radical (unpaired) electrons. The van der Waals surface area contributed by atoms with Crippen molar-refractivity contribution in [1.29, 1.82) is 0 Å². The summed E-state index contributed by atoms with van der Waals surface area (Å²) in [5.74, 6) is -0.316. The maximum Gasteiger partial charge on any atom is 0.254 e. The van der Waals surface area contributed by atoms with Gasteiger partial charge in [-0.05, 0) is 12.1 Å². The normalized spacial score (nSPS) is 12.1. The number of rotatable bonds is 6. The van der Waals surface area contributed by atoms with Crippen molar-refractivity contribution in [3.8, 4) is 5.69 Å². The fourth-order valence-electron chi connectivity index (χ4n) is 1.77. The van der Waals surface area contributed by atoms with Gasteiger partial charge in [-0.25, -0.2) is 4.68 Å². The van der Waals surface area contributed by atoms with Crippen molar-refractivity contribution >= 4 is 17.5 Å². The SMILES string of the molecule is COCC(O)CNC(=O)c1cnn(-c2ccccc2Cl)c1. The number of hydrogen-bond acceptors (Lipinski definition) is 4. The molecule has 0 bridgehead atoms. The molecule has 1 heterocycles. The van der Waals surface area contributed by atoms with E-state index in [9.17, 15) is 9.90 Å². The Morgan fingerprint density at radius 2 is 2.29 bits per heavy atom. The van der Waals surface area contributed by atoms with Gasteiger partial charge in [0.25, 0.3) is 5.91 Å². The molecule has 0 fully saturated rings. The number of benzene rings is 1. The Morgan fingerprint density at radius 3 is 3.00 bits per heavy atom. The number of aromatic nitrogens is 2. The highest BCUT2D eigenvalue weighted by Crippen LogP contribution is 2.19. The summed E-state index contributed by atoms with van der Waals surface area (Å²) >= 11 is 6.08. The van der Waals surface area contributed by atoms with E-state index >= 15 is 0 Å². The third kappa shape index (κ3) is 4.04. The van der Waals surface area contributed by atoms with Crippen LogP contribution in [0.1, 0.15) is 10.4 Å². The van der Waals surface area contributed by atoms with Gasteiger partial charge in [0.05, 0.1) is 35.2 Å². The lowest BCUT2D eigenvalue weighted by molar-refractivity contribution is 0.0610. The van der Waals surface area contributed by atoms with Crippen LogP contribution in [0.3, 0.4) is 0 Å². The molecule has 0 aliphatic heterocycles. The number of hydrogen-bond donors (Lipinski definition) is 2. The number of carbonyl (C=O) groups excluding carboxylic acids is 1. The minimum atomic E-state index is -0.738. The Kier molecular flexibility index (Phi) is 5.32. The fourth-order valence-corrected chi connectivity index (χ4v) is 2.00. The summed E-state index contributed by atoms with van der Waals surface area (Å²) in [6.45, 7) is 0.281. The van der Waals surface area contributed by atoms with Gasteiger partial charge in [-0.3, -0.25) is 4.79 Å². The average Bonchev–Trinajstić information content (AvgIpc) is 2.95. The van der Waals surface area contributed by atoms with E-state index in [0.29, 0.717) is 16.3 Å². The molecule has 1 unspecified atom stereocenters. The van der Waals surface area contributed by atoms with E-state index in [2.05, 4.69) is 10.4 Å². The highest BCUT2D eigenvalue weighted by molar-refractivity contribution is 6.32. The Hall–Kier alpha value is -1.89. The smallest absolute Gasteiger partial charge is 0.254 e. The Balaban J connectivity index is 2.03. The number of carbonyl (C=O) groups is 1. The summed E-state index contributed by atoms with van der Waals surface area (Å²) in [6.07, 6.45) is 2.29. The maximum atomic E-state index is 11.9. The second-order valence-corrected chi connectivity index (χ2v) is 4.85. The minimum absolute atomic E-state index is 0.115. The Labute approximate surface area is 127 Å². The van der Waals surface area contributed by atoms with Crippen molar-refractivity contribution < 1.29 is 14.6 Å². The molecule has 0 aliphatic carbocycles. The van der Waals surface area contributed by atoms with E-state index in [-0.39, 0.29) is 19.1 Å². The zero-order chi connectivity index (χ0) is 15.2. The van der Waals surface area contributed by atoms with Crippen LogP contribution in [0.25, 0.3) is 5.69 Å². The van der Waals surface area contributed by atoms with Gasteiger partial charge in [-0.1, -0.05) is 23.7 Å². The number of para-hydroxylation sites is 1. The molecule has 0 aliphatic rings. The molecule has 112 valence electrons. The molecule has 2 N–H and O–H groups in total. The molecule has 1 atom stereocenters. The number of ether oxygens (including phenoxy) is 1. The first-order chi connectivity index (χ1) is 10.1. The van der Waals surface area contributed by atoms with Crippen molar-refractivity contribution in [2.45, 2.75) is 6.10 Å². The summed E-state index contributed by atoms with van der Waals surface area (Å²) in [5, 5.41) is 16.8. The molecule has 1 aromatic carbocycles. The first-order valence-electron chi connectivity index (χ1n) is 6.36. The second kappa shape index (κ2) is 7.21. The van der Waals surface area contributed by atoms with E-state index in [1.54, 1.807) is 18.3 Å². The lowest BCUT2D eigenvalue weighted by atomic mass is 10.3. The Bertz CT molecular complexity index is 615. The van der Waals surface area contributed by atoms with Gasteiger partial charge < -0.3 is 15.2 Å². The molecule has 1 aromatic heterocycles. The van der Waals surface area contributed by atoms with Crippen molar-refractivity contribution in [2.75, 3.05) is 20.3 Å². The summed E-state index contributed by atoms with van der Waals surface area (Å²) in [4.78, 5) is 11.9. The lowest BCUT2D eigenvalue weighted by Crippen LogP contribution is -2.34. The molecule has 2 aromatic rings. The number of methoxy groups -OCH3 is 1. The van der Waals surface area contributed by atoms with E-state index in [1.165, 1.54) is 18.0 Å². The Morgan fingerprint density at radius 1 is 1.52 bits per heavy atom. The number of amides is 1. The first-order valence-corrected chi connectivity index (χ1v) is 6.74. The number of halogens is 1. The van der Waals surface area contributed by atoms with Crippen LogP contribution in [0.2, 0.25) is 5.02 Å². The molecular weight excluding hydrogens is 294 g/mol. The monoisotopic (exact) mass is 309 g/mol. The van der Waals surface area contributed by atoms with Crippen LogP contribution in [-0.2, 0) is 4.74 Å². The molecule has 7 heteroatoms. The zero-order valence-electron chi connectivity index (χ0n) is 11.5. The van der Waals surface area contributed by atoms with Gasteiger partial charge in [-0.2, -0.15) is 5.10 Å². The van der Waals surface area contributed by atoms with Crippen LogP contribution in [0, 0.1) is 0 Å². The third-order valence-corrected chi connectivity index (χ3v) is 3.12. The predicted octanol–water partition coefficient (Wildman–Crippen LogP) is 1.26. The van der Waals surface area contributed by atoms with Gasteiger partial charge in [-0.15, -0.1) is 0 Å². The number of nitrogens with zero attached hydrogens (tertiary/aromatic N) is 2. The highest BCUT2D eigenvalue weighted by Gasteiger charge is 2.12. The van der Waals surface area contributed by atoms with Crippen LogP contribution in [0.4, 0.5) is 0 Å². The van der Waals surface area contributed by atoms with Crippen molar-refractivity contribution in [1.82, 2.24) is 15.1 Å². The minimum Gasteiger partial charge on any atom is -0.389 e. The van der Waals surface area contributed by atoms with Crippen LogP contribution in [0.15, 0.2) is 36.7 Å². The topological polar surface area (TPSA) is 76.4 Å². The number of nitrogens with one attached hydrogen (secondary N) is 1. The molecule has 2 rings (SSSR count). The zero-order valence-corrected chi connectivity index (χ0v) is 12.2. The van der Waals surface area contributed by atoms with Gasteiger partial charge in [0.15, 0.2) is 0 Å². The molecule has 0 saturated heterocycles. The van der Waals surface area contributed by atoms with Gasteiger partial charge >= 0.3 is 0 Å². The van der Waals surface area contributed by atoms with Crippen LogP contribution >= 0.6 is 11.6 Å². The summed E-state index contributed by atoms with van der Waals surface area (Å²) in [5.41, 5.74) is 1.08. The van der Waals surface area contributed by atoms with Crippen LogP contribution in [0.5, 0.6) is 0 Å². The van der Waals surface area contributed by atoms with Gasteiger partial charge in [0.1, 0.15) is 0 Å². The molecular formula is C14H16ClN3O3. The summed E-state index contributed by atoms with van der Waals surface area (Å²) < 4.78 is 6.31. The lowest BCUT2D eigenvalue weighted by Gasteiger charge is -2.09. The highest BCUT2D eigenvalue weighted by atomic mass is 35.5.